The summed E-state index contributed by atoms with van der Waals surface area (Å²) in [5.74, 6) is 0.608. The first-order valence-electron chi connectivity index (χ1n) is 8.06. The van der Waals surface area contributed by atoms with Crippen molar-refractivity contribution in [2.75, 3.05) is 6.54 Å². The number of nitrogens with zero attached hydrogens (tertiary/aromatic N) is 4. The number of benzene rings is 1. The number of aromatic nitrogens is 3. The van der Waals surface area contributed by atoms with Crippen molar-refractivity contribution >= 4 is 12.2 Å². The molecule has 0 bridgehead atoms. The van der Waals surface area contributed by atoms with Crippen LogP contribution in [0.5, 0.6) is 0 Å². The molecule has 1 fully saturated rings. The molecule has 6 heteroatoms. The molecule has 0 amide bonds. The summed E-state index contributed by atoms with van der Waals surface area (Å²) in [4.78, 5) is 2.42. The van der Waals surface area contributed by atoms with Crippen LogP contribution in [0.25, 0.3) is 0 Å². The Morgan fingerprint density at radius 2 is 2.09 bits per heavy atom. The molecule has 1 aromatic carbocycles. The van der Waals surface area contributed by atoms with E-state index in [4.69, 9.17) is 12.2 Å². The topological polar surface area (TPSA) is 46.2 Å². The zero-order chi connectivity index (χ0) is 16.6. The second-order valence-electron chi connectivity index (χ2n) is 6.37. The van der Waals surface area contributed by atoms with Gasteiger partial charge in [0.25, 0.3) is 0 Å². The minimum Gasteiger partial charge on any atom is -0.388 e. The van der Waals surface area contributed by atoms with Gasteiger partial charge in [-0.2, -0.15) is 5.10 Å². The van der Waals surface area contributed by atoms with Gasteiger partial charge in [-0.05, 0) is 55.6 Å². The lowest BCUT2D eigenvalue weighted by Gasteiger charge is -2.25. The quantitative estimate of drug-likeness (QED) is 0.875. The van der Waals surface area contributed by atoms with Crippen LogP contribution >= 0.6 is 12.2 Å². The average Bonchev–Trinajstić information content (AvgIpc) is 3.10. The van der Waals surface area contributed by atoms with E-state index in [0.717, 1.165) is 13.0 Å². The van der Waals surface area contributed by atoms with Gasteiger partial charge < -0.3 is 9.67 Å². The van der Waals surface area contributed by atoms with Crippen LogP contribution in [-0.2, 0) is 20.3 Å². The van der Waals surface area contributed by atoms with E-state index in [-0.39, 0.29) is 6.61 Å². The highest BCUT2D eigenvalue weighted by molar-refractivity contribution is 7.71. The Bertz CT molecular complexity index is 764. The van der Waals surface area contributed by atoms with Crippen LogP contribution in [-0.4, -0.2) is 30.9 Å². The molecule has 1 aliphatic heterocycles. The smallest absolute Gasteiger partial charge is 0.198 e. The summed E-state index contributed by atoms with van der Waals surface area (Å²) in [6, 6.07) is 7.16. The summed E-state index contributed by atoms with van der Waals surface area (Å²) in [5.41, 5.74) is 4.04. The zero-order valence-corrected chi connectivity index (χ0v) is 14.8. The molecule has 1 unspecified atom stereocenters. The van der Waals surface area contributed by atoms with E-state index in [9.17, 15) is 5.11 Å². The van der Waals surface area contributed by atoms with Gasteiger partial charge >= 0.3 is 0 Å². The summed E-state index contributed by atoms with van der Waals surface area (Å²) in [6.07, 6.45) is 2.35. The largest absolute Gasteiger partial charge is 0.388 e. The fraction of sp³-hybridized carbons (Fsp3) is 0.529. The second-order valence-corrected chi connectivity index (χ2v) is 6.74. The SMILES string of the molecule is Cc1ccc(C2CCCN2Cn2nc(CO)n(C)c2=S)cc1C. The number of aliphatic hydroxyl groups is 1. The molecule has 1 aromatic heterocycles. The minimum absolute atomic E-state index is 0.0896. The summed E-state index contributed by atoms with van der Waals surface area (Å²) in [7, 11) is 1.85. The van der Waals surface area contributed by atoms with Crippen LogP contribution in [0, 0.1) is 18.6 Å². The monoisotopic (exact) mass is 332 g/mol. The molecular formula is C17H24N4OS. The standard InChI is InChI=1S/C17H24N4OS/c1-12-6-7-14(9-13(12)2)15-5-4-8-20(15)11-21-17(23)19(3)16(10-22)18-21/h6-7,9,15,22H,4-5,8,10-11H2,1-3H3. The Balaban J connectivity index is 1.85. The molecule has 3 rings (SSSR count). The van der Waals surface area contributed by atoms with Crippen molar-refractivity contribution in [2.24, 2.45) is 7.05 Å². The van der Waals surface area contributed by atoms with Gasteiger partial charge in [0, 0.05) is 19.6 Å². The Hall–Kier alpha value is -1.50. The molecule has 1 atom stereocenters. The van der Waals surface area contributed by atoms with Crippen LogP contribution in [0.1, 0.15) is 41.4 Å². The minimum atomic E-state index is -0.0896. The van der Waals surface area contributed by atoms with Crippen molar-refractivity contribution < 1.29 is 5.11 Å². The van der Waals surface area contributed by atoms with Crippen molar-refractivity contribution in [1.82, 2.24) is 19.2 Å². The van der Waals surface area contributed by atoms with E-state index in [1.54, 1.807) is 4.57 Å². The Labute approximate surface area is 142 Å². The molecule has 0 spiro atoms. The molecule has 124 valence electrons. The number of rotatable bonds is 4. The molecule has 2 heterocycles. The van der Waals surface area contributed by atoms with Gasteiger partial charge in [0.1, 0.15) is 6.61 Å². The van der Waals surface area contributed by atoms with Gasteiger partial charge in [0.15, 0.2) is 10.6 Å². The predicted molar refractivity (Wildman–Crippen MR) is 92.6 cm³/mol. The number of likely N-dealkylation sites (tertiary alicyclic amines) is 1. The van der Waals surface area contributed by atoms with Crippen molar-refractivity contribution in [2.45, 2.75) is 46.0 Å². The first kappa shape index (κ1) is 16.4. The molecule has 0 saturated carbocycles. The Morgan fingerprint density at radius 3 is 2.74 bits per heavy atom. The summed E-state index contributed by atoms with van der Waals surface area (Å²) >= 11 is 5.43. The van der Waals surface area contributed by atoms with Crippen molar-refractivity contribution in [3.05, 3.63) is 45.5 Å². The fourth-order valence-electron chi connectivity index (χ4n) is 3.28. The van der Waals surface area contributed by atoms with Gasteiger partial charge in [-0.3, -0.25) is 4.90 Å². The third kappa shape index (κ3) is 3.11. The van der Waals surface area contributed by atoms with Gasteiger partial charge in [-0.25, -0.2) is 4.68 Å². The number of aliphatic hydroxyl groups excluding tert-OH is 1. The molecule has 2 aromatic rings. The molecule has 0 aliphatic carbocycles. The highest BCUT2D eigenvalue weighted by Crippen LogP contribution is 2.33. The third-order valence-electron chi connectivity index (χ3n) is 4.87. The molecule has 1 aliphatic rings. The predicted octanol–water partition coefficient (Wildman–Crippen LogP) is 2.85. The van der Waals surface area contributed by atoms with E-state index >= 15 is 0 Å². The van der Waals surface area contributed by atoms with E-state index in [2.05, 4.69) is 42.0 Å². The Kier molecular flexibility index (Phi) is 4.66. The first-order chi connectivity index (χ1) is 11.0. The molecule has 1 N–H and O–H groups in total. The lowest BCUT2D eigenvalue weighted by Crippen LogP contribution is -2.27. The molecule has 1 saturated heterocycles. The first-order valence-corrected chi connectivity index (χ1v) is 8.47. The fourth-order valence-corrected chi connectivity index (χ4v) is 3.48. The maximum atomic E-state index is 9.35. The van der Waals surface area contributed by atoms with Crippen LogP contribution in [0.15, 0.2) is 18.2 Å². The normalized spacial score (nSPS) is 18.7. The van der Waals surface area contributed by atoms with Gasteiger partial charge in [0.05, 0.1) is 6.67 Å². The van der Waals surface area contributed by atoms with Crippen LogP contribution in [0.2, 0.25) is 0 Å². The summed E-state index contributed by atoms with van der Waals surface area (Å²) in [5, 5.41) is 13.8. The Morgan fingerprint density at radius 1 is 1.30 bits per heavy atom. The van der Waals surface area contributed by atoms with Crippen molar-refractivity contribution in [3.63, 3.8) is 0 Å². The van der Waals surface area contributed by atoms with Crippen LogP contribution in [0.3, 0.4) is 0 Å². The summed E-state index contributed by atoms with van der Waals surface area (Å²) < 4.78 is 4.25. The maximum Gasteiger partial charge on any atom is 0.198 e. The van der Waals surface area contributed by atoms with E-state index < -0.39 is 0 Å². The molecular weight excluding hydrogens is 308 g/mol. The average molecular weight is 332 g/mol. The van der Waals surface area contributed by atoms with Gasteiger partial charge in [-0.15, -0.1) is 0 Å². The maximum absolute atomic E-state index is 9.35. The van der Waals surface area contributed by atoms with Crippen molar-refractivity contribution in [1.29, 1.82) is 0 Å². The van der Waals surface area contributed by atoms with Crippen LogP contribution < -0.4 is 0 Å². The van der Waals surface area contributed by atoms with E-state index in [0.29, 0.717) is 23.3 Å². The van der Waals surface area contributed by atoms with Gasteiger partial charge in [0.2, 0.25) is 0 Å². The highest BCUT2D eigenvalue weighted by atomic mass is 32.1. The number of hydrogen-bond donors (Lipinski definition) is 1. The zero-order valence-electron chi connectivity index (χ0n) is 14.0. The van der Waals surface area contributed by atoms with Gasteiger partial charge in [-0.1, -0.05) is 18.2 Å². The molecule has 5 nitrogen and oxygen atoms in total. The second kappa shape index (κ2) is 6.55. The molecule has 23 heavy (non-hydrogen) atoms. The number of aryl methyl sites for hydroxylation is 2. The van der Waals surface area contributed by atoms with E-state index in [1.165, 1.54) is 23.1 Å². The summed E-state index contributed by atoms with van der Waals surface area (Å²) in [6.45, 7) is 5.94. The molecule has 0 radical (unpaired) electrons. The lowest BCUT2D eigenvalue weighted by atomic mass is 9.99. The highest BCUT2D eigenvalue weighted by Gasteiger charge is 2.27. The number of hydrogen-bond acceptors (Lipinski definition) is 4. The van der Waals surface area contributed by atoms with E-state index in [1.807, 2.05) is 11.7 Å². The third-order valence-corrected chi connectivity index (χ3v) is 5.35. The van der Waals surface area contributed by atoms with Crippen LogP contribution in [0.4, 0.5) is 0 Å². The van der Waals surface area contributed by atoms with Crippen molar-refractivity contribution in [3.8, 4) is 0 Å². The lowest BCUT2D eigenvalue weighted by molar-refractivity contribution is 0.188.